The van der Waals surface area contributed by atoms with Crippen molar-refractivity contribution in [3.63, 3.8) is 0 Å². The molecule has 1 saturated heterocycles. The molecule has 16 heavy (non-hydrogen) atoms. The Morgan fingerprint density at radius 1 is 1.19 bits per heavy atom. The molecule has 0 spiro atoms. The van der Waals surface area contributed by atoms with Crippen molar-refractivity contribution in [1.82, 2.24) is 0 Å². The number of aryl methyl sites for hydroxylation is 1. The van der Waals surface area contributed by atoms with Gasteiger partial charge in [0.25, 0.3) is 0 Å². The Labute approximate surface area is 96.5 Å². The van der Waals surface area contributed by atoms with Gasteiger partial charge in [0, 0.05) is 5.56 Å². The van der Waals surface area contributed by atoms with Crippen molar-refractivity contribution >= 4 is 0 Å². The lowest BCUT2D eigenvalue weighted by Gasteiger charge is -2.26. The van der Waals surface area contributed by atoms with Gasteiger partial charge in [0.2, 0.25) is 5.79 Å². The molecule has 3 nitrogen and oxygen atoms in total. The Kier molecular flexibility index (Phi) is 3.59. The van der Waals surface area contributed by atoms with E-state index in [9.17, 15) is 0 Å². The van der Waals surface area contributed by atoms with Gasteiger partial charge >= 0.3 is 0 Å². The van der Waals surface area contributed by atoms with Gasteiger partial charge in [-0.1, -0.05) is 37.6 Å². The number of nitrogens with two attached hydrogens (primary N) is 1. The van der Waals surface area contributed by atoms with E-state index in [0.717, 1.165) is 18.4 Å². The topological polar surface area (TPSA) is 44.5 Å². The van der Waals surface area contributed by atoms with E-state index in [1.807, 2.05) is 0 Å². The zero-order chi connectivity index (χ0) is 11.4. The maximum atomic E-state index is 5.75. The van der Waals surface area contributed by atoms with Crippen LogP contribution in [0.3, 0.4) is 0 Å². The van der Waals surface area contributed by atoms with Crippen LogP contribution in [-0.4, -0.2) is 19.8 Å². The fraction of sp³-hybridized carbons (Fsp3) is 0.538. The van der Waals surface area contributed by atoms with Gasteiger partial charge in [0.15, 0.2) is 0 Å². The fourth-order valence-electron chi connectivity index (χ4n) is 2.07. The zero-order valence-corrected chi connectivity index (χ0v) is 9.74. The zero-order valence-electron chi connectivity index (χ0n) is 9.74. The highest BCUT2D eigenvalue weighted by Crippen LogP contribution is 2.30. The Balaban J connectivity index is 2.19. The molecule has 1 aliphatic rings. The van der Waals surface area contributed by atoms with Crippen molar-refractivity contribution in [3.05, 3.63) is 35.4 Å². The molecule has 2 rings (SSSR count). The van der Waals surface area contributed by atoms with E-state index < -0.39 is 5.79 Å². The average Bonchev–Trinajstić information content (AvgIpc) is 2.80. The summed E-state index contributed by atoms with van der Waals surface area (Å²) < 4.78 is 11.3. The fourth-order valence-corrected chi connectivity index (χ4v) is 2.07. The molecule has 0 unspecified atom stereocenters. The summed E-state index contributed by atoms with van der Waals surface area (Å²) in [5.74, 6) is -0.704. The number of hydrogen-bond donors (Lipinski definition) is 1. The number of ether oxygens (including phenoxy) is 2. The SMILES string of the molecule is CCCc1ccc(C2(CN)OCCO2)cc1. The molecule has 3 heteroatoms. The van der Waals surface area contributed by atoms with E-state index in [4.69, 9.17) is 15.2 Å². The molecule has 0 aliphatic carbocycles. The number of benzene rings is 1. The van der Waals surface area contributed by atoms with Gasteiger partial charge in [-0.05, 0) is 12.0 Å². The van der Waals surface area contributed by atoms with E-state index in [0.29, 0.717) is 19.8 Å². The van der Waals surface area contributed by atoms with Gasteiger partial charge < -0.3 is 15.2 Å². The van der Waals surface area contributed by atoms with Crippen LogP contribution in [0.2, 0.25) is 0 Å². The van der Waals surface area contributed by atoms with Crippen molar-refractivity contribution in [2.24, 2.45) is 5.73 Å². The van der Waals surface area contributed by atoms with Crippen LogP contribution in [0.1, 0.15) is 24.5 Å². The molecule has 2 N–H and O–H groups in total. The highest BCUT2D eigenvalue weighted by molar-refractivity contribution is 5.26. The Hall–Kier alpha value is -0.900. The molecule has 88 valence electrons. The minimum Gasteiger partial charge on any atom is -0.342 e. The minimum absolute atomic E-state index is 0.361. The summed E-state index contributed by atoms with van der Waals surface area (Å²) in [7, 11) is 0. The van der Waals surface area contributed by atoms with Crippen molar-refractivity contribution in [1.29, 1.82) is 0 Å². The molecule has 1 heterocycles. The van der Waals surface area contributed by atoms with Crippen LogP contribution in [0.15, 0.2) is 24.3 Å². The summed E-state index contributed by atoms with van der Waals surface area (Å²) in [6.07, 6.45) is 2.27. The van der Waals surface area contributed by atoms with Crippen LogP contribution >= 0.6 is 0 Å². The summed E-state index contributed by atoms with van der Waals surface area (Å²) in [5, 5.41) is 0. The average molecular weight is 221 g/mol. The monoisotopic (exact) mass is 221 g/mol. The Bertz CT molecular complexity index is 328. The van der Waals surface area contributed by atoms with E-state index in [1.54, 1.807) is 0 Å². The molecule has 0 atom stereocenters. The van der Waals surface area contributed by atoms with Gasteiger partial charge in [-0.2, -0.15) is 0 Å². The maximum absolute atomic E-state index is 5.75. The molecule has 0 bridgehead atoms. The van der Waals surface area contributed by atoms with Crippen LogP contribution in [0.5, 0.6) is 0 Å². The second-order valence-electron chi connectivity index (χ2n) is 4.10. The first-order chi connectivity index (χ1) is 7.80. The first-order valence-electron chi connectivity index (χ1n) is 5.88. The second kappa shape index (κ2) is 4.95. The van der Waals surface area contributed by atoms with Gasteiger partial charge in [0.1, 0.15) is 0 Å². The van der Waals surface area contributed by atoms with Gasteiger partial charge in [-0.3, -0.25) is 0 Å². The quantitative estimate of drug-likeness (QED) is 0.843. The lowest BCUT2D eigenvalue weighted by atomic mass is 10.0. The van der Waals surface area contributed by atoms with Crippen LogP contribution in [0.25, 0.3) is 0 Å². The van der Waals surface area contributed by atoms with Crippen molar-refractivity contribution in [2.45, 2.75) is 25.6 Å². The molecular formula is C13H19NO2. The molecule has 0 amide bonds. The molecule has 1 aromatic rings. The van der Waals surface area contributed by atoms with E-state index in [2.05, 4.69) is 31.2 Å². The highest BCUT2D eigenvalue weighted by atomic mass is 16.7. The third kappa shape index (κ3) is 2.12. The highest BCUT2D eigenvalue weighted by Gasteiger charge is 2.36. The van der Waals surface area contributed by atoms with Gasteiger partial charge in [0.05, 0.1) is 19.8 Å². The largest absolute Gasteiger partial charge is 0.342 e. The van der Waals surface area contributed by atoms with E-state index in [1.165, 1.54) is 5.56 Å². The molecule has 1 aliphatic heterocycles. The Morgan fingerprint density at radius 3 is 2.31 bits per heavy atom. The normalized spacial score (nSPS) is 18.9. The predicted molar refractivity (Wildman–Crippen MR) is 63.1 cm³/mol. The first kappa shape index (κ1) is 11.6. The van der Waals surface area contributed by atoms with Gasteiger partial charge in [-0.15, -0.1) is 0 Å². The smallest absolute Gasteiger partial charge is 0.207 e. The van der Waals surface area contributed by atoms with Gasteiger partial charge in [-0.25, -0.2) is 0 Å². The van der Waals surface area contributed by atoms with Crippen molar-refractivity contribution in [2.75, 3.05) is 19.8 Å². The summed E-state index contributed by atoms with van der Waals surface area (Å²) in [6.45, 7) is 3.78. The summed E-state index contributed by atoms with van der Waals surface area (Å²) >= 11 is 0. The summed E-state index contributed by atoms with van der Waals surface area (Å²) in [5.41, 5.74) is 8.11. The van der Waals surface area contributed by atoms with E-state index >= 15 is 0 Å². The van der Waals surface area contributed by atoms with Crippen LogP contribution in [0.4, 0.5) is 0 Å². The number of hydrogen-bond acceptors (Lipinski definition) is 3. The predicted octanol–water partition coefficient (Wildman–Crippen LogP) is 1.80. The number of rotatable bonds is 4. The maximum Gasteiger partial charge on any atom is 0.207 e. The third-order valence-corrected chi connectivity index (χ3v) is 2.95. The molecule has 0 saturated carbocycles. The molecule has 0 radical (unpaired) electrons. The van der Waals surface area contributed by atoms with Crippen LogP contribution in [0, 0.1) is 0 Å². The van der Waals surface area contributed by atoms with Crippen molar-refractivity contribution in [3.8, 4) is 0 Å². The molecule has 0 aromatic heterocycles. The standard InChI is InChI=1S/C13H19NO2/c1-2-3-11-4-6-12(7-5-11)13(10-14)15-8-9-16-13/h4-7H,2-3,8-10,14H2,1H3. The van der Waals surface area contributed by atoms with Crippen LogP contribution < -0.4 is 5.73 Å². The van der Waals surface area contributed by atoms with Crippen molar-refractivity contribution < 1.29 is 9.47 Å². The summed E-state index contributed by atoms with van der Waals surface area (Å²) in [6, 6.07) is 8.37. The Morgan fingerprint density at radius 2 is 1.81 bits per heavy atom. The lowest BCUT2D eigenvalue weighted by molar-refractivity contribution is -0.156. The molecular weight excluding hydrogens is 202 g/mol. The first-order valence-corrected chi connectivity index (χ1v) is 5.88. The van der Waals surface area contributed by atoms with Crippen LogP contribution in [-0.2, 0) is 21.7 Å². The summed E-state index contributed by atoms with van der Waals surface area (Å²) in [4.78, 5) is 0. The lowest BCUT2D eigenvalue weighted by Crippen LogP contribution is -2.36. The molecule has 1 aromatic carbocycles. The second-order valence-corrected chi connectivity index (χ2v) is 4.10. The van der Waals surface area contributed by atoms with E-state index in [-0.39, 0.29) is 0 Å². The molecule has 1 fully saturated rings. The minimum atomic E-state index is -0.704. The third-order valence-electron chi connectivity index (χ3n) is 2.95.